The van der Waals surface area contributed by atoms with Gasteiger partial charge in [0.2, 0.25) is 10.0 Å². The van der Waals surface area contributed by atoms with E-state index in [1.165, 1.54) is 0 Å². The highest BCUT2D eigenvalue weighted by Crippen LogP contribution is 2.25. The molecular weight excluding hydrogens is 272 g/mol. The van der Waals surface area contributed by atoms with E-state index in [0.29, 0.717) is 23.9 Å². The van der Waals surface area contributed by atoms with Gasteiger partial charge in [0, 0.05) is 25.8 Å². The number of rotatable bonds is 4. The van der Waals surface area contributed by atoms with Crippen molar-refractivity contribution in [3.63, 3.8) is 0 Å². The maximum absolute atomic E-state index is 12.6. The summed E-state index contributed by atoms with van der Waals surface area (Å²) >= 11 is 0. The molecule has 0 spiro atoms. The Morgan fingerprint density at radius 2 is 1.90 bits per heavy atom. The predicted molar refractivity (Wildman–Crippen MR) is 82.4 cm³/mol. The third-order valence-electron chi connectivity index (χ3n) is 4.16. The molecule has 1 saturated heterocycles. The first-order valence-corrected chi connectivity index (χ1v) is 8.80. The molecule has 0 saturated carbocycles. The van der Waals surface area contributed by atoms with Crippen LogP contribution in [0, 0.1) is 5.92 Å². The lowest BCUT2D eigenvalue weighted by molar-refractivity contribution is 0.407. The minimum absolute atomic E-state index is 0.395. The zero-order valence-electron chi connectivity index (χ0n) is 12.3. The number of sulfonamides is 1. The van der Waals surface area contributed by atoms with E-state index in [4.69, 9.17) is 0 Å². The van der Waals surface area contributed by atoms with Crippen LogP contribution < -0.4 is 5.32 Å². The summed E-state index contributed by atoms with van der Waals surface area (Å²) in [6.45, 7) is 3.48. The fraction of sp³-hybridized carbons (Fsp3) is 0.600. The molecule has 1 aromatic carbocycles. The second-order valence-corrected chi connectivity index (χ2v) is 7.32. The minimum Gasteiger partial charge on any atom is -0.388 e. The summed E-state index contributed by atoms with van der Waals surface area (Å²) in [5.74, 6) is 0.668. The van der Waals surface area contributed by atoms with Crippen LogP contribution in [0.3, 0.4) is 0 Å². The summed E-state index contributed by atoms with van der Waals surface area (Å²) in [5, 5.41) is 3.00. The van der Waals surface area contributed by atoms with Crippen LogP contribution in [0.2, 0.25) is 0 Å². The molecule has 112 valence electrons. The number of anilines is 1. The first kappa shape index (κ1) is 15.3. The zero-order chi connectivity index (χ0) is 14.6. The fourth-order valence-corrected chi connectivity index (χ4v) is 4.22. The van der Waals surface area contributed by atoms with Crippen LogP contribution in [0.15, 0.2) is 29.2 Å². The molecule has 1 unspecified atom stereocenters. The monoisotopic (exact) mass is 296 g/mol. The summed E-state index contributed by atoms with van der Waals surface area (Å²) < 4.78 is 26.9. The quantitative estimate of drug-likeness (QED) is 0.929. The Hall–Kier alpha value is -1.07. The van der Waals surface area contributed by atoms with Gasteiger partial charge in [0.1, 0.15) is 0 Å². The molecule has 0 bridgehead atoms. The standard InChI is InChI=1S/C15H24N2O2S/c1-3-13-5-4-11-17(12-10-13)20(18,19)15-8-6-14(16-2)7-9-15/h6-9,13,16H,3-5,10-12H2,1-2H3. The third kappa shape index (κ3) is 3.33. The van der Waals surface area contributed by atoms with Gasteiger partial charge in [0.05, 0.1) is 4.90 Å². The summed E-state index contributed by atoms with van der Waals surface area (Å²) in [6.07, 6.45) is 4.22. The highest BCUT2D eigenvalue weighted by atomic mass is 32.2. The van der Waals surface area contributed by atoms with E-state index in [9.17, 15) is 8.42 Å². The normalized spacial score (nSPS) is 21.4. The number of benzene rings is 1. The highest BCUT2D eigenvalue weighted by Gasteiger charge is 2.26. The number of hydrogen-bond donors (Lipinski definition) is 1. The molecule has 1 N–H and O–H groups in total. The maximum Gasteiger partial charge on any atom is 0.243 e. The topological polar surface area (TPSA) is 49.4 Å². The van der Waals surface area contributed by atoms with Crippen LogP contribution >= 0.6 is 0 Å². The van der Waals surface area contributed by atoms with Gasteiger partial charge in [0.15, 0.2) is 0 Å². The van der Waals surface area contributed by atoms with Gasteiger partial charge >= 0.3 is 0 Å². The van der Waals surface area contributed by atoms with E-state index in [1.54, 1.807) is 28.6 Å². The Labute approximate surface area is 122 Å². The van der Waals surface area contributed by atoms with Crippen LogP contribution in [0.4, 0.5) is 5.69 Å². The lowest BCUT2D eigenvalue weighted by Gasteiger charge is -2.20. The summed E-state index contributed by atoms with van der Waals surface area (Å²) in [4.78, 5) is 0.395. The number of hydrogen-bond acceptors (Lipinski definition) is 3. The van der Waals surface area contributed by atoms with Crippen molar-refractivity contribution >= 4 is 15.7 Å². The molecule has 4 nitrogen and oxygen atoms in total. The molecule has 5 heteroatoms. The van der Waals surface area contributed by atoms with Crippen molar-refractivity contribution in [3.05, 3.63) is 24.3 Å². The molecule has 1 aromatic rings. The largest absolute Gasteiger partial charge is 0.388 e. The zero-order valence-corrected chi connectivity index (χ0v) is 13.1. The Morgan fingerprint density at radius 1 is 1.20 bits per heavy atom. The van der Waals surface area contributed by atoms with Gasteiger partial charge in [-0.15, -0.1) is 0 Å². The number of nitrogens with zero attached hydrogens (tertiary/aromatic N) is 1. The first-order valence-electron chi connectivity index (χ1n) is 7.36. The van der Waals surface area contributed by atoms with Gasteiger partial charge in [-0.2, -0.15) is 4.31 Å². The molecule has 0 aromatic heterocycles. The summed E-state index contributed by atoms with van der Waals surface area (Å²) in [7, 11) is -1.51. The van der Waals surface area contributed by atoms with Crippen molar-refractivity contribution < 1.29 is 8.42 Å². The summed E-state index contributed by atoms with van der Waals surface area (Å²) in [5.41, 5.74) is 0.922. The molecule has 1 aliphatic rings. The fourth-order valence-electron chi connectivity index (χ4n) is 2.73. The van der Waals surface area contributed by atoms with Crippen molar-refractivity contribution in [3.8, 4) is 0 Å². The van der Waals surface area contributed by atoms with E-state index >= 15 is 0 Å². The Bertz CT molecular complexity index is 525. The molecule has 0 radical (unpaired) electrons. The van der Waals surface area contributed by atoms with Gasteiger partial charge < -0.3 is 5.32 Å². The van der Waals surface area contributed by atoms with E-state index in [0.717, 1.165) is 31.4 Å². The van der Waals surface area contributed by atoms with Gasteiger partial charge in [-0.25, -0.2) is 8.42 Å². The minimum atomic E-state index is -3.34. The van der Waals surface area contributed by atoms with Crippen LogP contribution in [0.1, 0.15) is 32.6 Å². The van der Waals surface area contributed by atoms with Crippen LogP contribution in [0.5, 0.6) is 0 Å². The second kappa shape index (κ2) is 6.59. The Morgan fingerprint density at radius 3 is 2.50 bits per heavy atom. The average Bonchev–Trinajstić information content (AvgIpc) is 2.73. The molecule has 0 amide bonds. The first-order chi connectivity index (χ1) is 9.57. The molecular formula is C15H24N2O2S. The lowest BCUT2D eigenvalue weighted by Crippen LogP contribution is -2.32. The molecule has 1 aliphatic heterocycles. The summed E-state index contributed by atoms with van der Waals surface area (Å²) in [6, 6.07) is 6.98. The molecule has 2 rings (SSSR count). The lowest BCUT2D eigenvalue weighted by atomic mass is 9.98. The van der Waals surface area contributed by atoms with Gasteiger partial charge in [-0.3, -0.25) is 0 Å². The number of nitrogens with one attached hydrogen (secondary N) is 1. The molecule has 1 atom stereocenters. The van der Waals surface area contributed by atoms with Crippen LogP contribution in [0.25, 0.3) is 0 Å². The Balaban J connectivity index is 2.16. The molecule has 20 heavy (non-hydrogen) atoms. The van der Waals surface area contributed by atoms with Gasteiger partial charge in [-0.05, 0) is 49.4 Å². The van der Waals surface area contributed by atoms with E-state index in [2.05, 4.69) is 12.2 Å². The van der Waals surface area contributed by atoms with Crippen molar-refractivity contribution in [2.24, 2.45) is 5.92 Å². The van der Waals surface area contributed by atoms with E-state index in [1.807, 2.05) is 7.05 Å². The molecule has 1 fully saturated rings. The highest BCUT2D eigenvalue weighted by molar-refractivity contribution is 7.89. The van der Waals surface area contributed by atoms with Crippen molar-refractivity contribution in [2.75, 3.05) is 25.5 Å². The van der Waals surface area contributed by atoms with Crippen LogP contribution in [-0.4, -0.2) is 32.9 Å². The van der Waals surface area contributed by atoms with Crippen molar-refractivity contribution in [2.45, 2.75) is 37.5 Å². The Kier molecular flexibility index (Phi) is 5.05. The third-order valence-corrected chi connectivity index (χ3v) is 6.08. The van der Waals surface area contributed by atoms with Gasteiger partial charge in [-0.1, -0.05) is 13.3 Å². The van der Waals surface area contributed by atoms with Crippen molar-refractivity contribution in [1.29, 1.82) is 0 Å². The molecule has 1 heterocycles. The van der Waals surface area contributed by atoms with Gasteiger partial charge in [0.25, 0.3) is 0 Å². The van der Waals surface area contributed by atoms with Crippen molar-refractivity contribution in [1.82, 2.24) is 4.31 Å². The molecule has 0 aliphatic carbocycles. The maximum atomic E-state index is 12.6. The average molecular weight is 296 g/mol. The van der Waals surface area contributed by atoms with E-state index in [-0.39, 0.29) is 0 Å². The van der Waals surface area contributed by atoms with Crippen LogP contribution in [-0.2, 0) is 10.0 Å². The SMILES string of the molecule is CCC1CCCN(S(=O)(=O)c2ccc(NC)cc2)CC1. The van der Waals surface area contributed by atoms with E-state index < -0.39 is 10.0 Å². The predicted octanol–water partition coefficient (Wildman–Crippen LogP) is 2.93. The smallest absolute Gasteiger partial charge is 0.243 e. The second-order valence-electron chi connectivity index (χ2n) is 5.38.